The van der Waals surface area contributed by atoms with Crippen LogP contribution in [0.1, 0.15) is 39.5 Å². The summed E-state index contributed by atoms with van der Waals surface area (Å²) in [5, 5.41) is 2.77. The zero-order chi connectivity index (χ0) is 13.1. The van der Waals surface area contributed by atoms with Crippen LogP contribution in [-0.4, -0.2) is 42.9 Å². The van der Waals surface area contributed by atoms with Crippen molar-refractivity contribution in [2.45, 2.75) is 39.5 Å². The molecule has 0 aliphatic rings. The van der Waals surface area contributed by atoms with Crippen LogP contribution in [0.25, 0.3) is 0 Å². The molecule has 0 rings (SSSR count). The van der Waals surface area contributed by atoms with Gasteiger partial charge in [0.25, 0.3) is 0 Å². The molecule has 18 heavy (non-hydrogen) atoms. The van der Waals surface area contributed by atoms with Gasteiger partial charge in [-0.1, -0.05) is 13.8 Å². The van der Waals surface area contributed by atoms with E-state index < -0.39 is 0 Å². The molecular weight excluding hydrogens is 254 g/mol. The number of hydrogen-bond acceptors (Lipinski definition) is 3. The summed E-state index contributed by atoms with van der Waals surface area (Å²) in [7, 11) is 0. The number of nitrogens with two attached hydrogens (primary N) is 1. The van der Waals surface area contributed by atoms with E-state index >= 15 is 0 Å². The second-order valence-corrected chi connectivity index (χ2v) is 4.06. The molecule has 0 saturated carbocycles. The first-order chi connectivity index (χ1) is 8.15. The van der Waals surface area contributed by atoms with Crippen molar-refractivity contribution in [2.75, 3.05) is 26.2 Å². The molecule has 0 fully saturated rings. The Labute approximate surface area is 116 Å². The van der Waals surface area contributed by atoms with E-state index in [1.165, 1.54) is 0 Å². The van der Waals surface area contributed by atoms with Crippen molar-refractivity contribution in [2.24, 2.45) is 5.73 Å². The maximum atomic E-state index is 11.8. The number of nitrogens with one attached hydrogen (secondary N) is 1. The Balaban J connectivity index is 0. The SMILES string of the molecule is CCCNC(=O)CN(CCC)C(=O)CCCN.Cl. The molecule has 0 heterocycles. The third-order valence-electron chi connectivity index (χ3n) is 2.35. The fourth-order valence-electron chi connectivity index (χ4n) is 1.47. The highest BCUT2D eigenvalue weighted by molar-refractivity contribution is 5.85. The molecule has 0 saturated heterocycles. The summed E-state index contributed by atoms with van der Waals surface area (Å²) in [6.07, 6.45) is 2.86. The van der Waals surface area contributed by atoms with Crippen molar-refractivity contribution in [1.82, 2.24) is 10.2 Å². The first-order valence-corrected chi connectivity index (χ1v) is 6.40. The van der Waals surface area contributed by atoms with Gasteiger partial charge in [-0.25, -0.2) is 0 Å². The molecule has 0 aromatic heterocycles. The summed E-state index contributed by atoms with van der Waals surface area (Å²) < 4.78 is 0. The van der Waals surface area contributed by atoms with E-state index in [2.05, 4.69) is 5.32 Å². The third-order valence-corrected chi connectivity index (χ3v) is 2.35. The molecule has 0 spiro atoms. The minimum absolute atomic E-state index is 0. The number of halogens is 1. The van der Waals surface area contributed by atoms with Crippen LogP contribution in [-0.2, 0) is 9.59 Å². The van der Waals surface area contributed by atoms with E-state index in [1.54, 1.807) is 4.90 Å². The minimum Gasteiger partial charge on any atom is -0.355 e. The number of nitrogens with zero attached hydrogens (tertiary/aromatic N) is 1. The average molecular weight is 280 g/mol. The van der Waals surface area contributed by atoms with Crippen LogP contribution in [0.3, 0.4) is 0 Å². The highest BCUT2D eigenvalue weighted by Crippen LogP contribution is 1.99. The van der Waals surface area contributed by atoms with E-state index in [1.807, 2.05) is 13.8 Å². The van der Waals surface area contributed by atoms with Crippen LogP contribution in [0.15, 0.2) is 0 Å². The number of carbonyl (C=O) groups excluding carboxylic acids is 2. The molecule has 0 aliphatic carbocycles. The lowest BCUT2D eigenvalue weighted by atomic mass is 10.2. The first-order valence-electron chi connectivity index (χ1n) is 6.40. The maximum Gasteiger partial charge on any atom is 0.239 e. The van der Waals surface area contributed by atoms with Crippen molar-refractivity contribution >= 4 is 24.2 Å². The first kappa shape index (κ1) is 19.5. The predicted molar refractivity (Wildman–Crippen MR) is 75.7 cm³/mol. The monoisotopic (exact) mass is 279 g/mol. The number of hydrogen-bond donors (Lipinski definition) is 2. The van der Waals surface area contributed by atoms with Crippen LogP contribution >= 0.6 is 12.4 Å². The molecule has 3 N–H and O–H groups in total. The fourth-order valence-corrected chi connectivity index (χ4v) is 1.47. The molecule has 5 nitrogen and oxygen atoms in total. The second kappa shape index (κ2) is 12.6. The van der Waals surface area contributed by atoms with E-state index in [0.717, 1.165) is 12.8 Å². The third kappa shape index (κ3) is 9.24. The Morgan fingerprint density at radius 1 is 1.22 bits per heavy atom. The number of rotatable bonds is 9. The van der Waals surface area contributed by atoms with Gasteiger partial charge in [-0.2, -0.15) is 0 Å². The summed E-state index contributed by atoms with van der Waals surface area (Å²) in [4.78, 5) is 24.9. The zero-order valence-electron chi connectivity index (χ0n) is 11.4. The molecule has 0 bridgehead atoms. The van der Waals surface area contributed by atoms with Gasteiger partial charge < -0.3 is 16.0 Å². The molecule has 0 radical (unpaired) electrons. The van der Waals surface area contributed by atoms with Gasteiger partial charge in [-0.3, -0.25) is 9.59 Å². The molecule has 0 aromatic rings. The summed E-state index contributed by atoms with van der Waals surface area (Å²) >= 11 is 0. The van der Waals surface area contributed by atoms with Gasteiger partial charge in [-0.15, -0.1) is 12.4 Å². The summed E-state index contributed by atoms with van der Waals surface area (Å²) in [5.74, 6) is -0.0645. The van der Waals surface area contributed by atoms with Gasteiger partial charge >= 0.3 is 0 Å². The Morgan fingerprint density at radius 3 is 2.39 bits per heavy atom. The smallest absolute Gasteiger partial charge is 0.239 e. The summed E-state index contributed by atoms with van der Waals surface area (Å²) in [5.41, 5.74) is 5.37. The Hall–Kier alpha value is -0.810. The van der Waals surface area contributed by atoms with Crippen LogP contribution in [0, 0.1) is 0 Å². The predicted octanol–water partition coefficient (Wildman–Crippen LogP) is 0.912. The highest BCUT2D eigenvalue weighted by Gasteiger charge is 2.15. The Kier molecular flexibility index (Phi) is 13.7. The molecule has 0 unspecified atom stereocenters. The van der Waals surface area contributed by atoms with Gasteiger partial charge in [0.05, 0.1) is 6.54 Å². The number of amides is 2. The summed E-state index contributed by atoms with van der Waals surface area (Å²) in [6.45, 7) is 5.95. The van der Waals surface area contributed by atoms with Crippen molar-refractivity contribution in [3.8, 4) is 0 Å². The molecule has 0 aliphatic heterocycles. The molecule has 0 atom stereocenters. The van der Waals surface area contributed by atoms with Gasteiger partial charge in [0.2, 0.25) is 11.8 Å². The van der Waals surface area contributed by atoms with Crippen LogP contribution < -0.4 is 11.1 Å². The minimum atomic E-state index is -0.0820. The van der Waals surface area contributed by atoms with E-state index in [4.69, 9.17) is 5.73 Å². The van der Waals surface area contributed by atoms with Crippen molar-refractivity contribution < 1.29 is 9.59 Å². The zero-order valence-corrected chi connectivity index (χ0v) is 12.2. The van der Waals surface area contributed by atoms with Gasteiger partial charge in [0, 0.05) is 19.5 Å². The standard InChI is InChI=1S/C12H25N3O2.ClH/c1-3-8-14-11(16)10-15(9-4-2)12(17)6-5-7-13;/h3-10,13H2,1-2H3,(H,14,16);1H. The lowest BCUT2D eigenvalue weighted by Gasteiger charge is -2.21. The maximum absolute atomic E-state index is 11.8. The Morgan fingerprint density at radius 2 is 1.89 bits per heavy atom. The van der Waals surface area contributed by atoms with Crippen LogP contribution in [0.2, 0.25) is 0 Å². The van der Waals surface area contributed by atoms with Gasteiger partial charge in [0.1, 0.15) is 0 Å². The van der Waals surface area contributed by atoms with Crippen molar-refractivity contribution in [1.29, 1.82) is 0 Å². The van der Waals surface area contributed by atoms with E-state index in [9.17, 15) is 9.59 Å². The highest BCUT2D eigenvalue weighted by atomic mass is 35.5. The molecule has 6 heteroatoms. The topological polar surface area (TPSA) is 75.4 Å². The quantitative estimate of drug-likeness (QED) is 0.659. The second-order valence-electron chi connectivity index (χ2n) is 4.06. The number of carbonyl (C=O) groups is 2. The average Bonchev–Trinajstić information content (AvgIpc) is 2.32. The van der Waals surface area contributed by atoms with Crippen molar-refractivity contribution in [3.63, 3.8) is 0 Å². The lowest BCUT2D eigenvalue weighted by Crippen LogP contribution is -2.41. The summed E-state index contributed by atoms with van der Waals surface area (Å²) in [6, 6.07) is 0. The van der Waals surface area contributed by atoms with Crippen LogP contribution in [0.5, 0.6) is 0 Å². The largest absolute Gasteiger partial charge is 0.355 e. The molecule has 108 valence electrons. The normalized spacial score (nSPS) is 9.50. The van der Waals surface area contributed by atoms with Gasteiger partial charge in [-0.05, 0) is 25.8 Å². The molecular formula is C12H26ClN3O2. The van der Waals surface area contributed by atoms with Crippen LogP contribution in [0.4, 0.5) is 0 Å². The fraction of sp³-hybridized carbons (Fsp3) is 0.833. The van der Waals surface area contributed by atoms with E-state index in [0.29, 0.717) is 32.5 Å². The lowest BCUT2D eigenvalue weighted by molar-refractivity contribution is -0.136. The van der Waals surface area contributed by atoms with Crippen molar-refractivity contribution in [3.05, 3.63) is 0 Å². The molecule has 2 amide bonds. The Bertz CT molecular complexity index is 237. The molecule has 0 aromatic carbocycles. The van der Waals surface area contributed by atoms with E-state index in [-0.39, 0.29) is 30.8 Å². The van der Waals surface area contributed by atoms with Gasteiger partial charge in [0.15, 0.2) is 0 Å².